The minimum Gasteiger partial charge on any atom is -0.336 e. The van der Waals surface area contributed by atoms with E-state index in [2.05, 4.69) is 27.9 Å². The third-order valence-corrected chi connectivity index (χ3v) is 9.80. The van der Waals surface area contributed by atoms with Gasteiger partial charge in [-0.3, -0.25) is 4.72 Å². The Hall–Kier alpha value is -3.10. The molecule has 1 atom stereocenters. The predicted molar refractivity (Wildman–Crippen MR) is 162 cm³/mol. The van der Waals surface area contributed by atoms with Crippen LogP contribution in [0.2, 0.25) is 0 Å². The number of likely N-dealkylation sites (tertiary alicyclic amines) is 1. The first-order chi connectivity index (χ1) is 19.2. The van der Waals surface area contributed by atoms with Crippen molar-refractivity contribution in [1.82, 2.24) is 15.1 Å². The average Bonchev–Trinajstić information content (AvgIpc) is 2.95. The van der Waals surface area contributed by atoms with Crippen molar-refractivity contribution in [3.8, 4) is 0 Å². The van der Waals surface area contributed by atoms with Gasteiger partial charge in [0.2, 0.25) is 0 Å². The molecule has 2 aliphatic rings. The van der Waals surface area contributed by atoms with E-state index in [1.165, 1.54) is 11.1 Å². The lowest BCUT2D eigenvalue weighted by Crippen LogP contribution is -2.48. The SMILES string of the molecule is CCN(CC1CCN(C(=O)NC(C)C)CC1)C1CCc2ccc(NS(=O)(=O)c3ccc4ccccc4c3)cc2C1. The number of urea groups is 1. The van der Waals surface area contributed by atoms with Gasteiger partial charge in [0, 0.05) is 37.4 Å². The lowest BCUT2D eigenvalue weighted by Gasteiger charge is -2.39. The fourth-order valence-electron chi connectivity index (χ4n) is 6.19. The zero-order valence-corrected chi connectivity index (χ0v) is 24.7. The number of nitrogens with zero attached hydrogens (tertiary/aromatic N) is 2. The van der Waals surface area contributed by atoms with Crippen LogP contribution in [0.5, 0.6) is 0 Å². The molecule has 0 spiro atoms. The van der Waals surface area contributed by atoms with Crippen LogP contribution < -0.4 is 10.0 Å². The Balaban J connectivity index is 1.22. The van der Waals surface area contributed by atoms with Crippen molar-refractivity contribution in [3.05, 3.63) is 71.8 Å². The van der Waals surface area contributed by atoms with Crippen LogP contribution >= 0.6 is 0 Å². The lowest BCUT2D eigenvalue weighted by atomic mass is 9.86. The number of fused-ring (bicyclic) bond motifs is 2. The quantitative estimate of drug-likeness (QED) is 0.372. The van der Waals surface area contributed by atoms with Crippen LogP contribution in [0.3, 0.4) is 0 Å². The van der Waals surface area contributed by atoms with E-state index in [4.69, 9.17) is 0 Å². The normalized spacial score (nSPS) is 18.2. The maximum atomic E-state index is 13.2. The molecule has 1 unspecified atom stereocenters. The first-order valence-corrected chi connectivity index (χ1v) is 16.1. The Morgan fingerprint density at radius 1 is 0.975 bits per heavy atom. The monoisotopic (exact) mass is 562 g/mol. The summed E-state index contributed by atoms with van der Waals surface area (Å²) in [4.78, 5) is 17.2. The summed E-state index contributed by atoms with van der Waals surface area (Å²) in [5.41, 5.74) is 3.15. The van der Waals surface area contributed by atoms with Gasteiger partial charge in [0.25, 0.3) is 10.0 Å². The van der Waals surface area contributed by atoms with E-state index < -0.39 is 10.0 Å². The van der Waals surface area contributed by atoms with E-state index in [1.54, 1.807) is 12.1 Å². The van der Waals surface area contributed by atoms with Crippen molar-refractivity contribution in [2.75, 3.05) is 30.9 Å². The summed E-state index contributed by atoms with van der Waals surface area (Å²) in [5.74, 6) is 0.588. The molecule has 0 aromatic heterocycles. The number of benzene rings is 3. The molecule has 3 aromatic rings. The highest BCUT2D eigenvalue weighted by Gasteiger charge is 2.29. The van der Waals surface area contributed by atoms with Gasteiger partial charge in [0.15, 0.2) is 0 Å². The van der Waals surface area contributed by atoms with E-state index in [9.17, 15) is 13.2 Å². The molecule has 40 heavy (non-hydrogen) atoms. The first-order valence-electron chi connectivity index (χ1n) is 14.6. The summed E-state index contributed by atoms with van der Waals surface area (Å²) < 4.78 is 29.3. The Morgan fingerprint density at radius 3 is 2.45 bits per heavy atom. The molecule has 2 N–H and O–H groups in total. The van der Waals surface area contributed by atoms with E-state index in [0.717, 1.165) is 69.1 Å². The van der Waals surface area contributed by atoms with Gasteiger partial charge in [-0.05, 0) is 105 Å². The summed E-state index contributed by atoms with van der Waals surface area (Å²) in [7, 11) is -3.70. The predicted octanol–water partition coefficient (Wildman–Crippen LogP) is 5.65. The number of amides is 2. The summed E-state index contributed by atoms with van der Waals surface area (Å²) in [5, 5.41) is 4.93. The van der Waals surface area contributed by atoms with Crippen molar-refractivity contribution in [2.45, 2.75) is 69.9 Å². The van der Waals surface area contributed by atoms with Crippen molar-refractivity contribution in [3.63, 3.8) is 0 Å². The fraction of sp³-hybridized carbons (Fsp3) is 0.469. The van der Waals surface area contributed by atoms with Crippen LogP contribution in [0, 0.1) is 5.92 Å². The summed E-state index contributed by atoms with van der Waals surface area (Å²) in [6, 6.07) is 19.7. The molecule has 1 aliphatic heterocycles. The average molecular weight is 563 g/mol. The molecule has 1 saturated heterocycles. The molecule has 8 heteroatoms. The zero-order chi connectivity index (χ0) is 28.3. The minimum atomic E-state index is -3.70. The van der Waals surface area contributed by atoms with Gasteiger partial charge in [0.05, 0.1) is 4.90 Å². The van der Waals surface area contributed by atoms with Gasteiger partial charge in [0.1, 0.15) is 0 Å². The largest absolute Gasteiger partial charge is 0.336 e. The van der Waals surface area contributed by atoms with E-state index in [1.807, 2.05) is 61.2 Å². The molecule has 3 aromatic carbocycles. The van der Waals surface area contributed by atoms with Crippen molar-refractivity contribution in [1.29, 1.82) is 0 Å². The Morgan fingerprint density at radius 2 is 1.73 bits per heavy atom. The van der Waals surface area contributed by atoms with Gasteiger partial charge >= 0.3 is 6.03 Å². The smallest absolute Gasteiger partial charge is 0.317 e. The van der Waals surface area contributed by atoms with E-state index in [-0.39, 0.29) is 17.0 Å². The third-order valence-electron chi connectivity index (χ3n) is 8.42. The van der Waals surface area contributed by atoms with Crippen LogP contribution in [-0.4, -0.2) is 62.5 Å². The van der Waals surface area contributed by atoms with Crippen LogP contribution in [-0.2, 0) is 22.9 Å². The van der Waals surface area contributed by atoms with Crippen molar-refractivity contribution < 1.29 is 13.2 Å². The second-order valence-electron chi connectivity index (χ2n) is 11.6. The number of nitrogens with one attached hydrogen (secondary N) is 2. The number of aryl methyl sites for hydroxylation is 1. The number of sulfonamides is 1. The molecule has 0 saturated carbocycles. The van der Waals surface area contributed by atoms with Crippen molar-refractivity contribution >= 4 is 32.5 Å². The highest BCUT2D eigenvalue weighted by Crippen LogP contribution is 2.30. The molecule has 1 heterocycles. The highest BCUT2D eigenvalue weighted by atomic mass is 32.2. The number of carbonyl (C=O) groups excluding carboxylic acids is 1. The second-order valence-corrected chi connectivity index (χ2v) is 13.3. The van der Waals surface area contributed by atoms with E-state index >= 15 is 0 Å². The molecule has 7 nitrogen and oxygen atoms in total. The van der Waals surface area contributed by atoms with Crippen LogP contribution in [0.25, 0.3) is 10.8 Å². The number of hydrogen-bond acceptors (Lipinski definition) is 4. The van der Waals surface area contributed by atoms with E-state index in [0.29, 0.717) is 17.6 Å². The van der Waals surface area contributed by atoms with Gasteiger partial charge in [-0.1, -0.05) is 43.3 Å². The topological polar surface area (TPSA) is 81.8 Å². The Kier molecular flexibility index (Phi) is 8.66. The molecule has 5 rings (SSSR count). The molecular formula is C32H42N4O3S. The Labute approximate surface area is 239 Å². The number of likely N-dealkylation sites (N-methyl/N-ethyl adjacent to an activating group) is 1. The van der Waals surface area contributed by atoms with Gasteiger partial charge < -0.3 is 15.1 Å². The number of piperidine rings is 1. The molecule has 0 radical (unpaired) electrons. The molecule has 0 bridgehead atoms. The maximum absolute atomic E-state index is 13.2. The second kappa shape index (κ2) is 12.2. The fourth-order valence-corrected chi connectivity index (χ4v) is 7.27. The van der Waals surface area contributed by atoms with Crippen LogP contribution in [0.1, 0.15) is 51.2 Å². The van der Waals surface area contributed by atoms with Crippen LogP contribution in [0.15, 0.2) is 65.6 Å². The van der Waals surface area contributed by atoms with Crippen LogP contribution in [0.4, 0.5) is 10.5 Å². The molecule has 1 aliphatic carbocycles. The number of hydrogen-bond donors (Lipinski definition) is 2. The van der Waals surface area contributed by atoms with Crippen molar-refractivity contribution in [2.24, 2.45) is 5.92 Å². The lowest BCUT2D eigenvalue weighted by molar-refractivity contribution is 0.120. The molecule has 2 amide bonds. The van der Waals surface area contributed by atoms with Gasteiger partial charge in [-0.2, -0.15) is 0 Å². The maximum Gasteiger partial charge on any atom is 0.317 e. The van der Waals surface area contributed by atoms with Gasteiger partial charge in [-0.15, -0.1) is 0 Å². The number of rotatable bonds is 8. The first kappa shape index (κ1) is 28.4. The number of carbonyl (C=O) groups is 1. The molecular weight excluding hydrogens is 520 g/mol. The summed E-state index contributed by atoms with van der Waals surface area (Å²) in [6.45, 7) is 9.88. The standard InChI is InChI=1S/C32H42N4O3S/c1-4-35(22-24-15-17-36(18-16-24)32(37)33-23(2)3)30-13-10-26-9-12-29(19-28(26)20-30)34-40(38,39)31-14-11-25-7-5-6-8-27(25)21-31/h5-9,11-12,14,19,21,23-24,30,34H,4,10,13,15-18,20,22H2,1-3H3,(H,33,37). The summed E-state index contributed by atoms with van der Waals surface area (Å²) in [6.07, 6.45) is 5.10. The highest BCUT2D eigenvalue weighted by molar-refractivity contribution is 7.92. The third kappa shape index (κ3) is 6.61. The molecule has 1 fully saturated rings. The number of anilines is 1. The minimum absolute atomic E-state index is 0.0525. The zero-order valence-electron chi connectivity index (χ0n) is 23.9. The summed E-state index contributed by atoms with van der Waals surface area (Å²) >= 11 is 0. The van der Waals surface area contributed by atoms with Gasteiger partial charge in [-0.25, -0.2) is 13.2 Å². The molecule has 214 valence electrons. The Bertz CT molecular complexity index is 1450.